The van der Waals surface area contributed by atoms with Crippen molar-refractivity contribution < 1.29 is 9.53 Å². The molecule has 0 radical (unpaired) electrons. The van der Waals surface area contributed by atoms with Crippen LogP contribution in [0.5, 0.6) is 0 Å². The average Bonchev–Trinajstić information content (AvgIpc) is 2.34. The van der Waals surface area contributed by atoms with Crippen LogP contribution in [0.25, 0.3) is 0 Å². The van der Waals surface area contributed by atoms with Crippen LogP contribution in [0.4, 0.5) is 0 Å². The summed E-state index contributed by atoms with van der Waals surface area (Å²) in [5.74, 6) is -0.302. The van der Waals surface area contributed by atoms with Crippen LogP contribution < -0.4 is 0 Å². The highest BCUT2D eigenvalue weighted by Gasteiger charge is 2.10. The Labute approximate surface area is 105 Å². The Balaban J connectivity index is 4.53. The van der Waals surface area contributed by atoms with Crippen LogP contribution in [0.15, 0.2) is 36.0 Å². The van der Waals surface area contributed by atoms with E-state index in [1.807, 2.05) is 12.2 Å². The predicted molar refractivity (Wildman–Crippen MR) is 72.8 cm³/mol. The lowest BCUT2D eigenvalue weighted by Gasteiger charge is -2.05. The molecule has 0 rings (SSSR count). The van der Waals surface area contributed by atoms with Crippen molar-refractivity contribution in [3.8, 4) is 0 Å². The molecule has 0 aromatic heterocycles. The van der Waals surface area contributed by atoms with Crippen LogP contribution in [-0.2, 0) is 9.53 Å². The summed E-state index contributed by atoms with van der Waals surface area (Å²) in [7, 11) is 1.40. The van der Waals surface area contributed by atoms with E-state index in [1.165, 1.54) is 13.5 Å². The number of hydrogen-bond donors (Lipinski definition) is 0. The van der Waals surface area contributed by atoms with Crippen LogP contribution in [0.2, 0.25) is 0 Å². The molecule has 0 fully saturated rings. The second kappa shape index (κ2) is 9.88. The van der Waals surface area contributed by atoms with E-state index in [0.717, 1.165) is 31.3 Å². The maximum absolute atomic E-state index is 11.6. The molecule has 0 spiro atoms. The number of unbranched alkanes of at least 4 members (excludes halogenated alkanes) is 3. The molecule has 0 aromatic rings. The van der Waals surface area contributed by atoms with Gasteiger partial charge in [0, 0.05) is 0 Å². The molecule has 2 heteroatoms. The van der Waals surface area contributed by atoms with Gasteiger partial charge in [0.1, 0.15) is 0 Å². The third-order valence-corrected chi connectivity index (χ3v) is 2.43. The third kappa shape index (κ3) is 6.77. The Morgan fingerprint density at radius 1 is 1.24 bits per heavy atom. The Kier molecular flexibility index (Phi) is 9.12. The van der Waals surface area contributed by atoms with E-state index in [-0.39, 0.29) is 5.97 Å². The van der Waals surface area contributed by atoms with Crippen LogP contribution >= 0.6 is 0 Å². The van der Waals surface area contributed by atoms with Gasteiger partial charge in [-0.25, -0.2) is 4.79 Å². The van der Waals surface area contributed by atoms with Gasteiger partial charge >= 0.3 is 5.97 Å². The number of allylic oxidation sites excluding steroid dienone is 3. The van der Waals surface area contributed by atoms with Crippen molar-refractivity contribution in [2.24, 2.45) is 0 Å². The van der Waals surface area contributed by atoms with E-state index in [1.54, 1.807) is 0 Å². The molecule has 0 aromatic carbocycles. The van der Waals surface area contributed by atoms with Gasteiger partial charge in [0.25, 0.3) is 0 Å². The van der Waals surface area contributed by atoms with Crippen LogP contribution in [0, 0.1) is 0 Å². The lowest BCUT2D eigenvalue weighted by Crippen LogP contribution is -2.06. The van der Waals surface area contributed by atoms with Gasteiger partial charge < -0.3 is 4.74 Å². The monoisotopic (exact) mass is 236 g/mol. The fourth-order valence-electron chi connectivity index (χ4n) is 1.38. The van der Waals surface area contributed by atoms with Gasteiger partial charge in [-0.3, -0.25) is 0 Å². The molecular weight excluding hydrogens is 212 g/mol. The Hall–Kier alpha value is -1.31. The maximum atomic E-state index is 11.6. The van der Waals surface area contributed by atoms with E-state index in [2.05, 4.69) is 26.5 Å². The topological polar surface area (TPSA) is 26.3 Å². The van der Waals surface area contributed by atoms with Crippen LogP contribution in [-0.4, -0.2) is 13.1 Å². The van der Waals surface area contributed by atoms with Crippen molar-refractivity contribution >= 4 is 5.97 Å². The predicted octanol–water partition coefficient (Wildman–Crippen LogP) is 4.19. The Bertz CT molecular complexity index is 298. The molecular formula is C15H24O2. The average molecular weight is 236 g/mol. The van der Waals surface area contributed by atoms with Crippen molar-refractivity contribution in [2.45, 2.75) is 46.0 Å². The lowest BCUT2D eigenvalue weighted by atomic mass is 10.0. The quantitative estimate of drug-likeness (QED) is 0.273. The molecule has 0 saturated heterocycles. The summed E-state index contributed by atoms with van der Waals surface area (Å²) in [5.41, 5.74) is 1.32. The Morgan fingerprint density at radius 2 is 1.94 bits per heavy atom. The summed E-state index contributed by atoms with van der Waals surface area (Å²) in [4.78, 5) is 11.6. The van der Waals surface area contributed by atoms with Crippen molar-refractivity contribution in [2.75, 3.05) is 7.11 Å². The Morgan fingerprint density at radius 3 is 2.47 bits per heavy atom. The fourth-order valence-corrected chi connectivity index (χ4v) is 1.38. The normalized spacial score (nSPS) is 11.8. The standard InChI is InChI=1S/C15H24O2/c1-5-7-9-10-11-13(3)14(12-8-6-2)15(16)17-4/h10-12H,3,5-9H2,1-2,4H3/b11-10+,14-12+. The summed E-state index contributed by atoms with van der Waals surface area (Å²) in [6.07, 6.45) is 11.1. The molecule has 0 bridgehead atoms. The smallest absolute Gasteiger partial charge is 0.338 e. The molecule has 0 amide bonds. The van der Waals surface area contributed by atoms with Crippen molar-refractivity contribution in [3.63, 3.8) is 0 Å². The fraction of sp³-hybridized carbons (Fsp3) is 0.533. The molecule has 0 unspecified atom stereocenters. The highest BCUT2D eigenvalue weighted by Crippen LogP contribution is 2.13. The van der Waals surface area contributed by atoms with Gasteiger partial charge in [0.05, 0.1) is 12.7 Å². The minimum Gasteiger partial charge on any atom is -0.465 e. The molecule has 17 heavy (non-hydrogen) atoms. The van der Waals surface area contributed by atoms with E-state index in [0.29, 0.717) is 5.57 Å². The number of ether oxygens (including phenoxy) is 1. The van der Waals surface area contributed by atoms with Crippen molar-refractivity contribution in [1.29, 1.82) is 0 Å². The maximum Gasteiger partial charge on any atom is 0.338 e. The zero-order valence-electron chi connectivity index (χ0n) is 11.3. The third-order valence-electron chi connectivity index (χ3n) is 2.43. The van der Waals surface area contributed by atoms with Gasteiger partial charge in [-0.05, 0) is 18.4 Å². The SMILES string of the molecule is C=C(/C=C/CCCC)/C(=C\CCC)C(=O)OC. The summed E-state index contributed by atoms with van der Waals surface area (Å²) < 4.78 is 4.76. The number of rotatable bonds is 8. The molecule has 2 nitrogen and oxygen atoms in total. The minimum atomic E-state index is -0.302. The largest absolute Gasteiger partial charge is 0.465 e. The highest BCUT2D eigenvalue weighted by molar-refractivity contribution is 5.94. The summed E-state index contributed by atoms with van der Waals surface area (Å²) in [6, 6.07) is 0. The number of methoxy groups -OCH3 is 1. The lowest BCUT2D eigenvalue weighted by molar-refractivity contribution is -0.135. The molecule has 96 valence electrons. The van der Waals surface area contributed by atoms with Crippen molar-refractivity contribution in [3.05, 3.63) is 36.0 Å². The summed E-state index contributed by atoms with van der Waals surface area (Å²) in [6.45, 7) is 8.15. The van der Waals surface area contributed by atoms with Gasteiger partial charge in [0.15, 0.2) is 0 Å². The van der Waals surface area contributed by atoms with Gasteiger partial charge in [0.2, 0.25) is 0 Å². The first-order valence-corrected chi connectivity index (χ1v) is 6.31. The highest BCUT2D eigenvalue weighted by atomic mass is 16.5. The van der Waals surface area contributed by atoms with E-state index >= 15 is 0 Å². The van der Waals surface area contributed by atoms with Crippen LogP contribution in [0.3, 0.4) is 0 Å². The van der Waals surface area contributed by atoms with Gasteiger partial charge in [-0.2, -0.15) is 0 Å². The van der Waals surface area contributed by atoms with E-state index < -0.39 is 0 Å². The first kappa shape index (κ1) is 15.7. The molecule has 0 heterocycles. The minimum absolute atomic E-state index is 0.302. The van der Waals surface area contributed by atoms with Crippen molar-refractivity contribution in [1.82, 2.24) is 0 Å². The molecule has 0 aliphatic heterocycles. The number of carbonyl (C=O) groups is 1. The zero-order chi connectivity index (χ0) is 13.1. The molecule has 0 saturated carbocycles. The summed E-state index contributed by atoms with van der Waals surface area (Å²) in [5, 5.41) is 0. The molecule has 0 aliphatic rings. The zero-order valence-corrected chi connectivity index (χ0v) is 11.3. The number of esters is 1. The number of carbonyl (C=O) groups excluding carboxylic acids is 1. The van der Waals surface area contributed by atoms with E-state index in [4.69, 9.17) is 4.74 Å². The summed E-state index contributed by atoms with van der Waals surface area (Å²) >= 11 is 0. The number of hydrogen-bond acceptors (Lipinski definition) is 2. The second-order valence-corrected chi connectivity index (χ2v) is 3.97. The second-order valence-electron chi connectivity index (χ2n) is 3.97. The van der Waals surface area contributed by atoms with Gasteiger partial charge in [-0.15, -0.1) is 0 Å². The van der Waals surface area contributed by atoms with Crippen LogP contribution in [0.1, 0.15) is 46.0 Å². The first-order chi connectivity index (χ1) is 8.17. The molecule has 0 aliphatic carbocycles. The van der Waals surface area contributed by atoms with Gasteiger partial charge in [-0.1, -0.05) is 57.9 Å². The molecule has 0 N–H and O–H groups in total. The molecule has 0 atom stereocenters. The van der Waals surface area contributed by atoms with E-state index in [9.17, 15) is 4.79 Å². The first-order valence-electron chi connectivity index (χ1n) is 6.31.